The van der Waals surface area contributed by atoms with E-state index in [1.165, 1.54) is 29.7 Å². The van der Waals surface area contributed by atoms with E-state index in [1.807, 2.05) is 48.5 Å². The van der Waals surface area contributed by atoms with Crippen molar-refractivity contribution in [3.63, 3.8) is 0 Å². The Labute approximate surface area is 193 Å². The third-order valence-corrected chi connectivity index (χ3v) is 8.01. The van der Waals surface area contributed by atoms with Crippen molar-refractivity contribution in [2.45, 2.75) is 14.7 Å². The van der Waals surface area contributed by atoms with Crippen LogP contribution in [-0.2, 0) is 10.0 Å². The van der Waals surface area contributed by atoms with Gasteiger partial charge in [-0.3, -0.25) is 9.62 Å². The van der Waals surface area contributed by atoms with E-state index < -0.39 is 10.0 Å². The van der Waals surface area contributed by atoms with Crippen LogP contribution in [0.4, 0.5) is 27.0 Å². The lowest BCUT2D eigenvalue weighted by Gasteiger charge is -2.31. The Bertz CT molecular complexity index is 1340. The van der Waals surface area contributed by atoms with Gasteiger partial charge in [0.1, 0.15) is 0 Å². The van der Waals surface area contributed by atoms with Crippen molar-refractivity contribution in [2.24, 2.45) is 0 Å². The molecular weight excluding hydrogens is 464 g/mol. The third-order valence-electron chi connectivity index (χ3n) is 4.71. The molecule has 0 saturated heterocycles. The molecule has 0 radical (unpaired) electrons. The monoisotopic (exact) mass is 480 g/mol. The summed E-state index contributed by atoms with van der Waals surface area (Å²) in [5, 5.41) is 4.85. The minimum atomic E-state index is -3.76. The molecule has 160 valence electrons. The molecule has 5 rings (SSSR count). The fourth-order valence-corrected chi connectivity index (χ4v) is 6.11. The largest absolute Gasteiger partial charge is 0.331 e. The zero-order valence-electron chi connectivity index (χ0n) is 16.4. The van der Waals surface area contributed by atoms with Crippen molar-refractivity contribution in [2.75, 3.05) is 14.9 Å². The number of thiazole rings is 1. The molecule has 2 N–H and O–H groups in total. The summed E-state index contributed by atoms with van der Waals surface area (Å²) in [6.45, 7) is 0. The summed E-state index contributed by atoms with van der Waals surface area (Å²) < 4.78 is 27.5. The zero-order valence-corrected chi connectivity index (χ0v) is 18.9. The van der Waals surface area contributed by atoms with Gasteiger partial charge in [0.25, 0.3) is 10.0 Å². The highest BCUT2D eigenvalue weighted by atomic mass is 32.2. The number of fused-ring (bicyclic) bond motifs is 2. The van der Waals surface area contributed by atoms with Crippen LogP contribution in [0.25, 0.3) is 0 Å². The van der Waals surface area contributed by atoms with Crippen molar-refractivity contribution in [3.05, 3.63) is 84.4 Å². The Morgan fingerprint density at radius 1 is 0.875 bits per heavy atom. The number of sulfonamides is 1. The van der Waals surface area contributed by atoms with E-state index in [0.29, 0.717) is 10.8 Å². The predicted molar refractivity (Wildman–Crippen MR) is 128 cm³/mol. The molecule has 1 aromatic heterocycles. The molecule has 0 bridgehead atoms. The normalized spacial score (nSPS) is 12.6. The first kappa shape index (κ1) is 20.6. The maximum Gasteiger partial charge on any atom is 0.331 e. The van der Waals surface area contributed by atoms with Gasteiger partial charge in [-0.1, -0.05) is 36.0 Å². The smallest absolute Gasteiger partial charge is 0.307 e. The Balaban J connectivity index is 1.39. The van der Waals surface area contributed by atoms with Gasteiger partial charge in [-0.15, -0.1) is 11.3 Å². The quantitative estimate of drug-likeness (QED) is 0.386. The number of carbonyl (C=O) groups excluding carboxylic acids is 1. The molecule has 7 nitrogen and oxygen atoms in total. The maximum absolute atomic E-state index is 13.3. The Morgan fingerprint density at radius 2 is 1.50 bits per heavy atom. The maximum atomic E-state index is 13.3. The topological polar surface area (TPSA) is 91.4 Å². The second-order valence-corrected chi connectivity index (χ2v) is 10.4. The summed E-state index contributed by atoms with van der Waals surface area (Å²) >= 11 is 2.81. The molecule has 2 amide bonds. The van der Waals surface area contributed by atoms with Crippen LogP contribution in [0, 0.1) is 0 Å². The van der Waals surface area contributed by atoms with Crippen molar-refractivity contribution in [3.8, 4) is 0 Å². The van der Waals surface area contributed by atoms with Gasteiger partial charge in [-0.05, 0) is 48.5 Å². The van der Waals surface area contributed by atoms with E-state index in [1.54, 1.807) is 34.2 Å². The number of nitrogens with zero attached hydrogens (tertiary/aromatic N) is 2. The minimum absolute atomic E-state index is 0.0794. The number of hydrogen-bond acceptors (Lipinski definition) is 6. The molecule has 0 saturated carbocycles. The molecule has 4 aromatic rings. The summed E-state index contributed by atoms with van der Waals surface area (Å²) in [5.41, 5.74) is 2.07. The number of rotatable bonds is 4. The number of nitrogens with one attached hydrogen (secondary N) is 2. The fourth-order valence-electron chi connectivity index (χ4n) is 3.27. The molecule has 0 aliphatic carbocycles. The second-order valence-electron chi connectivity index (χ2n) is 6.77. The average Bonchev–Trinajstić information content (AvgIpc) is 3.30. The molecule has 0 fully saturated rings. The molecule has 2 heterocycles. The zero-order chi connectivity index (χ0) is 22.1. The lowest BCUT2D eigenvalue weighted by Crippen LogP contribution is -2.32. The summed E-state index contributed by atoms with van der Waals surface area (Å²) in [6.07, 6.45) is 1.52. The number of benzene rings is 3. The Morgan fingerprint density at radius 3 is 2.09 bits per heavy atom. The van der Waals surface area contributed by atoms with Crippen LogP contribution in [0.3, 0.4) is 0 Å². The molecular formula is C22H16N4O3S3. The number of para-hydroxylation sites is 2. The van der Waals surface area contributed by atoms with Crippen LogP contribution in [0.1, 0.15) is 0 Å². The van der Waals surface area contributed by atoms with Crippen molar-refractivity contribution < 1.29 is 13.2 Å². The Hall–Kier alpha value is -3.34. The molecule has 3 aromatic carbocycles. The minimum Gasteiger partial charge on any atom is -0.307 e. The van der Waals surface area contributed by atoms with Gasteiger partial charge in [0.05, 0.1) is 16.3 Å². The van der Waals surface area contributed by atoms with Crippen LogP contribution in [0.15, 0.2) is 99.1 Å². The van der Waals surface area contributed by atoms with Crippen LogP contribution >= 0.6 is 23.1 Å². The average molecular weight is 481 g/mol. The highest BCUT2D eigenvalue weighted by Gasteiger charge is 2.28. The molecule has 0 atom stereocenters. The Kier molecular flexibility index (Phi) is 5.33. The van der Waals surface area contributed by atoms with Gasteiger partial charge in [-0.2, -0.15) is 0 Å². The van der Waals surface area contributed by atoms with Gasteiger partial charge in [-0.25, -0.2) is 18.2 Å². The molecule has 10 heteroatoms. The molecule has 1 aliphatic rings. The highest BCUT2D eigenvalue weighted by molar-refractivity contribution is 7.99. The number of anilines is 4. The van der Waals surface area contributed by atoms with Crippen LogP contribution in [0.5, 0.6) is 0 Å². The molecule has 1 aliphatic heterocycles. The molecule has 32 heavy (non-hydrogen) atoms. The first-order valence-corrected chi connectivity index (χ1v) is 12.7. The summed E-state index contributed by atoms with van der Waals surface area (Å²) in [4.78, 5) is 20.9. The molecule has 0 unspecified atom stereocenters. The number of hydrogen-bond donors (Lipinski definition) is 2. The summed E-state index contributed by atoms with van der Waals surface area (Å²) in [6, 6.07) is 21.1. The third kappa shape index (κ3) is 3.95. The van der Waals surface area contributed by atoms with Gasteiger partial charge in [0.2, 0.25) is 0 Å². The highest BCUT2D eigenvalue weighted by Crippen LogP contribution is 2.48. The summed E-state index contributed by atoms with van der Waals surface area (Å²) in [5.74, 6) is 0. The standard InChI is InChI=1S/C22H16N4O3S3/c27-22(26-17-5-1-3-7-19(17)31-20-8-4-2-6-18(20)26)24-15-9-11-16(12-10-15)32(28,29)25-21-23-13-14-30-21/h1-14H,(H,23,25)(H,24,27). The number of aromatic nitrogens is 1. The summed E-state index contributed by atoms with van der Waals surface area (Å²) in [7, 11) is -3.76. The van der Waals surface area contributed by atoms with Crippen molar-refractivity contribution >= 4 is 61.3 Å². The number of amides is 2. The lowest BCUT2D eigenvalue weighted by molar-refractivity contribution is 0.259. The first-order valence-electron chi connectivity index (χ1n) is 9.51. The van der Waals surface area contributed by atoms with Crippen molar-refractivity contribution in [1.29, 1.82) is 0 Å². The SMILES string of the molecule is O=C(Nc1ccc(S(=O)(=O)Nc2nccs2)cc1)N1c2ccccc2Sc2ccccc21. The lowest BCUT2D eigenvalue weighted by atomic mass is 10.2. The molecule has 0 spiro atoms. The van der Waals surface area contributed by atoms with E-state index in [9.17, 15) is 13.2 Å². The van der Waals surface area contributed by atoms with Crippen molar-refractivity contribution in [1.82, 2.24) is 4.98 Å². The van der Waals surface area contributed by atoms with Crippen LogP contribution in [-0.4, -0.2) is 19.4 Å². The fraction of sp³-hybridized carbons (Fsp3) is 0. The van der Waals surface area contributed by atoms with Crippen LogP contribution in [0.2, 0.25) is 0 Å². The van der Waals surface area contributed by atoms with Gasteiger partial charge >= 0.3 is 6.03 Å². The van der Waals surface area contributed by atoms with E-state index in [-0.39, 0.29) is 10.9 Å². The van der Waals surface area contributed by atoms with Gasteiger partial charge < -0.3 is 5.32 Å². The second kappa shape index (κ2) is 8.30. The van der Waals surface area contributed by atoms with Crippen LogP contribution < -0.4 is 14.9 Å². The van der Waals surface area contributed by atoms with E-state index in [4.69, 9.17) is 0 Å². The first-order chi connectivity index (χ1) is 15.5. The van der Waals surface area contributed by atoms with Gasteiger partial charge in [0, 0.05) is 27.1 Å². The number of urea groups is 1. The van der Waals surface area contributed by atoms with Gasteiger partial charge in [0.15, 0.2) is 5.13 Å². The number of carbonyl (C=O) groups is 1. The predicted octanol–water partition coefficient (Wildman–Crippen LogP) is 5.78. The van der Waals surface area contributed by atoms with E-state index >= 15 is 0 Å². The van der Waals surface area contributed by atoms with E-state index in [0.717, 1.165) is 21.2 Å². The van der Waals surface area contributed by atoms with E-state index in [2.05, 4.69) is 15.0 Å².